The molecule has 19 heteroatoms. The van der Waals surface area contributed by atoms with Crippen molar-refractivity contribution in [1.82, 2.24) is 0 Å². The zero-order valence-corrected chi connectivity index (χ0v) is 37.2. The van der Waals surface area contributed by atoms with Crippen molar-refractivity contribution in [2.24, 2.45) is 52.3 Å². The maximum Gasteiger partial charge on any atom is 0.187 e. The maximum atomic E-state index is 14.6. The molecule has 5 saturated heterocycles. The van der Waals surface area contributed by atoms with Gasteiger partial charge in [0.15, 0.2) is 24.7 Å². The molecular formula is C45H72O19. The highest BCUT2D eigenvalue weighted by molar-refractivity contribution is 5.87. The van der Waals surface area contributed by atoms with Crippen LogP contribution in [0.25, 0.3) is 0 Å². The summed E-state index contributed by atoms with van der Waals surface area (Å²) >= 11 is 0. The maximum absolute atomic E-state index is 14.6. The summed E-state index contributed by atoms with van der Waals surface area (Å²) < 4.78 is 48.3. The molecule has 64 heavy (non-hydrogen) atoms. The Bertz CT molecular complexity index is 1640. The lowest BCUT2D eigenvalue weighted by atomic mass is 9.44. The molecule has 4 saturated carbocycles. The minimum Gasteiger partial charge on any atom is -0.394 e. The first kappa shape index (κ1) is 48.0. The van der Waals surface area contributed by atoms with Crippen LogP contribution in [0.15, 0.2) is 0 Å². The van der Waals surface area contributed by atoms with Gasteiger partial charge in [-0.1, -0.05) is 27.7 Å². The summed E-state index contributed by atoms with van der Waals surface area (Å²) in [5, 5.41) is 106. The molecule has 9 rings (SSSR count). The Hall–Kier alpha value is -1.05. The summed E-state index contributed by atoms with van der Waals surface area (Å²) in [5.74, 6) is 1.71. The standard InChI is InChI=1S/C45H72O19/c1-18-7-10-45(57-17-18)19(2)30-25(64-45)12-24-22-6-5-20-11-21(8-9-43(20,3)23(22)13-29(49)44(24,30)4)58-40-36(55)33(52)38(27(15-47)60-40)63-42-37(56)34(53)39(28(16-48)61-42)62-41-35(54)32(51)31(50)26(14-46)59-41/h18-28,30-42,46-48,50-56H,5-17H2,1-4H3. The number of ether oxygens (including phenoxy) is 8. The van der Waals surface area contributed by atoms with E-state index in [2.05, 4.69) is 27.7 Å². The van der Waals surface area contributed by atoms with Crippen molar-refractivity contribution in [3.8, 4) is 0 Å². The van der Waals surface area contributed by atoms with Gasteiger partial charge in [0.2, 0.25) is 0 Å². The Balaban J connectivity index is 0.811. The normalized spacial score (nSPS) is 57.5. The summed E-state index contributed by atoms with van der Waals surface area (Å²) in [6.45, 7) is 7.45. The number of rotatable bonds is 9. The van der Waals surface area contributed by atoms with E-state index in [4.69, 9.17) is 37.9 Å². The number of fused-ring (bicyclic) bond motifs is 7. The third kappa shape index (κ3) is 7.67. The summed E-state index contributed by atoms with van der Waals surface area (Å²) in [5.41, 5.74) is -0.539. The monoisotopic (exact) mass is 916 g/mol. The third-order valence-electron chi connectivity index (χ3n) is 18.1. The molecule has 0 amide bonds. The van der Waals surface area contributed by atoms with Crippen molar-refractivity contribution in [3.63, 3.8) is 0 Å². The van der Waals surface area contributed by atoms with E-state index in [0.717, 1.165) is 38.5 Å². The second kappa shape index (κ2) is 18.0. The minimum atomic E-state index is -1.92. The number of carbonyl (C=O) groups excluding carboxylic acids is 1. The van der Waals surface area contributed by atoms with Crippen molar-refractivity contribution in [1.29, 1.82) is 0 Å². The first-order valence-corrected chi connectivity index (χ1v) is 23.8. The molecule has 5 heterocycles. The van der Waals surface area contributed by atoms with Crippen LogP contribution in [0, 0.1) is 52.3 Å². The van der Waals surface area contributed by atoms with E-state index < -0.39 is 123 Å². The van der Waals surface area contributed by atoms with Gasteiger partial charge in [-0.3, -0.25) is 4.79 Å². The van der Waals surface area contributed by atoms with Gasteiger partial charge >= 0.3 is 0 Å². The zero-order valence-electron chi connectivity index (χ0n) is 37.2. The van der Waals surface area contributed by atoms with Gasteiger partial charge in [-0.15, -0.1) is 0 Å². The molecule has 5 aliphatic heterocycles. The molecule has 27 atom stereocenters. The first-order valence-electron chi connectivity index (χ1n) is 23.8. The number of Topliss-reactive ketones (excluding diaryl/α,β-unsaturated/α-hetero) is 1. The molecular weight excluding hydrogens is 844 g/mol. The van der Waals surface area contributed by atoms with E-state index in [-0.39, 0.29) is 47.2 Å². The van der Waals surface area contributed by atoms with Gasteiger partial charge < -0.3 is 89.0 Å². The molecule has 9 aliphatic rings. The zero-order chi connectivity index (χ0) is 45.8. The molecule has 9 fully saturated rings. The summed E-state index contributed by atoms with van der Waals surface area (Å²) in [7, 11) is 0. The van der Waals surface area contributed by atoms with Crippen molar-refractivity contribution in [3.05, 3.63) is 0 Å². The highest BCUT2D eigenvalue weighted by atomic mass is 16.8. The molecule has 0 aromatic carbocycles. The minimum absolute atomic E-state index is 0.0187. The van der Waals surface area contributed by atoms with E-state index in [1.165, 1.54) is 0 Å². The Kier molecular flexibility index (Phi) is 13.5. The number of carbonyl (C=O) groups is 1. The second-order valence-corrected chi connectivity index (χ2v) is 21.4. The molecule has 1 spiro atoms. The van der Waals surface area contributed by atoms with Crippen LogP contribution in [-0.2, 0) is 42.7 Å². The lowest BCUT2D eigenvalue weighted by molar-refractivity contribution is -0.381. The first-order chi connectivity index (χ1) is 30.4. The number of ketones is 1. The summed E-state index contributed by atoms with van der Waals surface area (Å²) in [4.78, 5) is 14.6. The fourth-order valence-corrected chi connectivity index (χ4v) is 14.4. The van der Waals surface area contributed by atoms with Gasteiger partial charge in [-0.25, -0.2) is 0 Å². The topological polar surface area (TPSA) is 293 Å². The molecule has 0 bridgehead atoms. The molecule has 4 aliphatic carbocycles. The van der Waals surface area contributed by atoms with Gasteiger partial charge in [0.25, 0.3) is 0 Å². The van der Waals surface area contributed by atoms with Crippen LogP contribution in [0.3, 0.4) is 0 Å². The van der Waals surface area contributed by atoms with Gasteiger partial charge in [-0.05, 0) is 80.0 Å². The van der Waals surface area contributed by atoms with E-state index in [9.17, 15) is 55.9 Å². The van der Waals surface area contributed by atoms with Gasteiger partial charge in [0, 0.05) is 30.1 Å². The SMILES string of the molecule is CC1CCC2(OC1)OC1CC3C4CCC5CC(OC6OC(CO)C(OC7OC(CO)C(OC8OC(CO)C(O)C(O)C8O)C(O)C7O)C(O)C6O)CCC5(C)C4CC(=O)C3(C)C1C2C. The average molecular weight is 917 g/mol. The molecule has 0 radical (unpaired) electrons. The molecule has 19 nitrogen and oxygen atoms in total. The van der Waals surface area contributed by atoms with Crippen LogP contribution in [0.5, 0.6) is 0 Å². The number of aliphatic hydroxyl groups excluding tert-OH is 10. The second-order valence-electron chi connectivity index (χ2n) is 21.4. The quantitative estimate of drug-likeness (QED) is 0.117. The van der Waals surface area contributed by atoms with E-state index in [1.807, 2.05) is 0 Å². The van der Waals surface area contributed by atoms with Gasteiger partial charge in [-0.2, -0.15) is 0 Å². The number of aliphatic hydroxyl groups is 10. The Morgan fingerprint density at radius 2 is 1.22 bits per heavy atom. The fraction of sp³-hybridized carbons (Fsp3) is 0.978. The Morgan fingerprint density at radius 3 is 1.80 bits per heavy atom. The largest absolute Gasteiger partial charge is 0.394 e. The van der Waals surface area contributed by atoms with E-state index >= 15 is 0 Å². The smallest absolute Gasteiger partial charge is 0.187 e. The number of hydrogen-bond donors (Lipinski definition) is 10. The van der Waals surface area contributed by atoms with E-state index in [0.29, 0.717) is 43.5 Å². The summed E-state index contributed by atoms with van der Waals surface area (Å²) in [6, 6.07) is 0. The van der Waals surface area contributed by atoms with E-state index in [1.54, 1.807) is 0 Å². The van der Waals surface area contributed by atoms with Crippen molar-refractivity contribution >= 4 is 5.78 Å². The highest BCUT2D eigenvalue weighted by Gasteiger charge is 2.72. The lowest BCUT2D eigenvalue weighted by Gasteiger charge is -2.60. The predicted molar refractivity (Wildman–Crippen MR) is 216 cm³/mol. The highest BCUT2D eigenvalue weighted by Crippen LogP contribution is 2.70. The lowest BCUT2D eigenvalue weighted by Crippen LogP contribution is -2.66. The number of hydrogen-bond acceptors (Lipinski definition) is 19. The van der Waals surface area contributed by atoms with Crippen molar-refractivity contribution < 1.29 is 93.8 Å². The fourth-order valence-electron chi connectivity index (χ4n) is 14.4. The molecule has 366 valence electrons. The predicted octanol–water partition coefficient (Wildman–Crippen LogP) is -1.55. The van der Waals surface area contributed by atoms with Crippen molar-refractivity contribution in [2.75, 3.05) is 26.4 Å². The molecule has 0 aromatic rings. The Morgan fingerprint density at radius 1 is 0.641 bits per heavy atom. The van der Waals surface area contributed by atoms with Crippen molar-refractivity contribution in [2.45, 2.75) is 196 Å². The van der Waals surface area contributed by atoms with Crippen LogP contribution in [0.4, 0.5) is 0 Å². The molecule has 10 N–H and O–H groups in total. The van der Waals surface area contributed by atoms with Crippen LogP contribution >= 0.6 is 0 Å². The van der Waals surface area contributed by atoms with Crippen LogP contribution in [0.2, 0.25) is 0 Å². The molecule has 27 unspecified atom stereocenters. The summed E-state index contributed by atoms with van der Waals surface area (Å²) in [6.07, 6.45) is -17.4. The average Bonchev–Trinajstić information content (AvgIpc) is 3.73. The Labute approximate surface area is 373 Å². The van der Waals surface area contributed by atoms with Gasteiger partial charge in [0.05, 0.1) is 38.6 Å². The third-order valence-corrected chi connectivity index (χ3v) is 18.1. The van der Waals surface area contributed by atoms with Crippen LogP contribution < -0.4 is 0 Å². The van der Waals surface area contributed by atoms with Gasteiger partial charge in [0.1, 0.15) is 79.0 Å². The molecule has 0 aromatic heterocycles. The van der Waals surface area contributed by atoms with Crippen LogP contribution in [-0.4, -0.2) is 193 Å². The van der Waals surface area contributed by atoms with Crippen LogP contribution in [0.1, 0.15) is 85.5 Å².